The van der Waals surface area contributed by atoms with Crippen molar-refractivity contribution in [3.8, 4) is 5.75 Å². The molecular formula is C27H31F3N6O5S. The number of rotatable bonds is 10. The molecule has 0 aliphatic heterocycles. The zero-order chi connectivity index (χ0) is 30.7. The summed E-state index contributed by atoms with van der Waals surface area (Å²) in [5.74, 6) is -0.177. The van der Waals surface area contributed by atoms with Crippen LogP contribution in [0.5, 0.6) is 5.75 Å². The molecule has 0 radical (unpaired) electrons. The molecule has 42 heavy (non-hydrogen) atoms. The molecule has 0 saturated carbocycles. The Labute approximate surface area is 243 Å². The number of carbonyl (C=O) groups excluding carboxylic acids is 2. The van der Waals surface area contributed by atoms with Gasteiger partial charge in [0.05, 0.1) is 34.5 Å². The van der Waals surface area contributed by atoms with Crippen molar-refractivity contribution in [2.24, 2.45) is 7.05 Å². The van der Waals surface area contributed by atoms with Crippen molar-refractivity contribution in [1.82, 2.24) is 24.8 Å². The Morgan fingerprint density at radius 1 is 1.05 bits per heavy atom. The van der Waals surface area contributed by atoms with Crippen LogP contribution in [-0.2, 0) is 16.5 Å². The number of fused-ring (bicyclic) bond motifs is 2. The number of hydrogen-bond acceptors (Lipinski definition) is 9. The first-order valence-electron chi connectivity index (χ1n) is 12.9. The summed E-state index contributed by atoms with van der Waals surface area (Å²) in [5, 5.41) is 6.32. The Morgan fingerprint density at radius 2 is 1.81 bits per heavy atom. The van der Waals surface area contributed by atoms with Crippen LogP contribution in [0.2, 0.25) is 0 Å². The lowest BCUT2D eigenvalue weighted by Crippen LogP contribution is -2.36. The first-order valence-corrected chi connectivity index (χ1v) is 13.7. The van der Waals surface area contributed by atoms with Crippen molar-refractivity contribution in [2.75, 3.05) is 38.7 Å². The summed E-state index contributed by atoms with van der Waals surface area (Å²) in [6, 6.07) is 9.04. The number of ether oxygens (including phenoxy) is 3. The largest absolute Gasteiger partial charge is 0.573 e. The van der Waals surface area contributed by atoms with Crippen LogP contribution in [0.15, 0.2) is 36.4 Å². The highest BCUT2D eigenvalue weighted by Crippen LogP contribution is 2.33. The smallest absolute Gasteiger partial charge is 0.444 e. The molecule has 226 valence electrons. The molecule has 4 rings (SSSR count). The number of thiazole rings is 1. The van der Waals surface area contributed by atoms with Gasteiger partial charge in [0, 0.05) is 38.8 Å². The third-order valence-electron chi connectivity index (χ3n) is 5.76. The standard InChI is InChI=1S/C27H31F3N6O5S/c1-26(2,3)41-25(38)35(4)11-13-39-12-10-31-22(37)16-6-9-20-19(14-16)32-23(36(20)5)34-24-33-18-8-7-17(15-21(18)42-24)40-27(28,29)30/h6-9,14-15H,10-13H2,1-5H3,(H,31,37)(H,32,33,34). The number of alkyl halides is 3. The van der Waals surface area contributed by atoms with Crippen LogP contribution < -0.4 is 15.4 Å². The summed E-state index contributed by atoms with van der Waals surface area (Å²) in [5.41, 5.74) is 1.67. The second kappa shape index (κ2) is 12.4. The molecule has 2 aromatic heterocycles. The molecule has 2 N–H and O–H groups in total. The van der Waals surface area contributed by atoms with E-state index < -0.39 is 18.1 Å². The Balaban J connectivity index is 1.30. The van der Waals surface area contributed by atoms with Gasteiger partial charge in [0.2, 0.25) is 5.95 Å². The predicted octanol–water partition coefficient (Wildman–Crippen LogP) is 5.44. The first-order chi connectivity index (χ1) is 19.7. The number of anilines is 2. The molecular weight excluding hydrogens is 577 g/mol. The second-order valence-electron chi connectivity index (χ2n) is 10.3. The maximum atomic E-state index is 12.7. The molecule has 0 unspecified atom stereocenters. The van der Waals surface area contributed by atoms with E-state index in [0.717, 1.165) is 16.9 Å². The molecule has 0 aliphatic rings. The number of aromatic nitrogens is 3. The van der Waals surface area contributed by atoms with Gasteiger partial charge in [0.25, 0.3) is 5.91 Å². The van der Waals surface area contributed by atoms with Gasteiger partial charge in [-0.1, -0.05) is 11.3 Å². The van der Waals surface area contributed by atoms with Crippen molar-refractivity contribution in [1.29, 1.82) is 0 Å². The number of benzene rings is 2. The molecule has 2 aromatic carbocycles. The van der Waals surface area contributed by atoms with Gasteiger partial charge in [-0.25, -0.2) is 14.8 Å². The minimum Gasteiger partial charge on any atom is -0.444 e. The summed E-state index contributed by atoms with van der Waals surface area (Å²) in [7, 11) is 3.41. The molecule has 0 fully saturated rings. The van der Waals surface area contributed by atoms with E-state index in [1.165, 1.54) is 23.1 Å². The van der Waals surface area contributed by atoms with Crippen LogP contribution in [-0.4, -0.2) is 76.7 Å². The summed E-state index contributed by atoms with van der Waals surface area (Å²) in [6.45, 7) is 6.56. The number of amides is 2. The molecule has 2 heterocycles. The van der Waals surface area contributed by atoms with Gasteiger partial charge < -0.3 is 34.3 Å². The van der Waals surface area contributed by atoms with E-state index in [1.807, 2.05) is 0 Å². The number of nitrogens with one attached hydrogen (secondary N) is 2. The quantitative estimate of drug-likeness (QED) is 0.229. The number of aryl methyl sites for hydroxylation is 1. The Kier molecular flexibility index (Phi) is 9.11. The first kappa shape index (κ1) is 30.8. The molecule has 0 spiro atoms. The lowest BCUT2D eigenvalue weighted by atomic mass is 10.2. The van der Waals surface area contributed by atoms with Gasteiger partial charge >= 0.3 is 12.5 Å². The molecule has 0 bridgehead atoms. The third-order valence-corrected chi connectivity index (χ3v) is 6.70. The molecule has 15 heteroatoms. The summed E-state index contributed by atoms with van der Waals surface area (Å²) < 4.78 is 54.7. The van der Waals surface area contributed by atoms with Crippen molar-refractivity contribution < 1.29 is 37.0 Å². The maximum Gasteiger partial charge on any atom is 0.573 e. The molecule has 0 atom stereocenters. The van der Waals surface area contributed by atoms with Crippen LogP contribution >= 0.6 is 11.3 Å². The molecule has 4 aromatic rings. The summed E-state index contributed by atoms with van der Waals surface area (Å²) >= 11 is 1.15. The number of nitrogens with zero attached hydrogens (tertiary/aromatic N) is 4. The van der Waals surface area contributed by atoms with E-state index in [0.29, 0.717) is 45.5 Å². The second-order valence-corrected chi connectivity index (χ2v) is 11.3. The molecule has 11 nitrogen and oxygen atoms in total. The van der Waals surface area contributed by atoms with Crippen LogP contribution in [0.4, 0.5) is 29.0 Å². The number of likely N-dealkylation sites (N-methyl/N-ethyl adjacent to an activating group) is 1. The molecule has 2 amide bonds. The maximum absolute atomic E-state index is 12.7. The van der Waals surface area contributed by atoms with Gasteiger partial charge in [-0.05, 0) is 51.1 Å². The van der Waals surface area contributed by atoms with Crippen LogP contribution in [0.1, 0.15) is 31.1 Å². The minimum absolute atomic E-state index is 0.264. The summed E-state index contributed by atoms with van der Waals surface area (Å²) in [6.07, 6.45) is -5.21. The number of imidazole rings is 1. The van der Waals surface area contributed by atoms with Crippen molar-refractivity contribution >= 4 is 55.7 Å². The average Bonchev–Trinajstić information content (AvgIpc) is 3.43. The van der Waals surface area contributed by atoms with Crippen LogP contribution in [0.25, 0.3) is 21.3 Å². The number of hydrogen-bond donors (Lipinski definition) is 2. The highest BCUT2D eigenvalue weighted by atomic mass is 32.1. The van der Waals surface area contributed by atoms with Crippen molar-refractivity contribution in [2.45, 2.75) is 32.7 Å². The number of halogens is 3. The topological polar surface area (TPSA) is 120 Å². The highest BCUT2D eigenvalue weighted by molar-refractivity contribution is 7.22. The van der Waals surface area contributed by atoms with Gasteiger partial charge in [0.1, 0.15) is 11.4 Å². The fraction of sp³-hybridized carbons (Fsp3) is 0.407. The monoisotopic (exact) mass is 608 g/mol. The molecule has 0 saturated heterocycles. The predicted molar refractivity (Wildman–Crippen MR) is 152 cm³/mol. The SMILES string of the molecule is CN(CCOCCNC(=O)c1ccc2c(c1)nc(Nc1nc3ccc(OC(F)(F)F)cc3s1)n2C)C(=O)OC(C)(C)C. The zero-order valence-electron chi connectivity index (χ0n) is 23.7. The Bertz CT molecular complexity index is 1580. The third kappa shape index (κ3) is 8.22. The van der Waals surface area contributed by atoms with Crippen LogP contribution in [0.3, 0.4) is 0 Å². The van der Waals surface area contributed by atoms with E-state index in [4.69, 9.17) is 9.47 Å². The minimum atomic E-state index is -4.78. The van der Waals surface area contributed by atoms with E-state index in [-0.39, 0.29) is 24.8 Å². The molecule has 0 aliphatic carbocycles. The van der Waals surface area contributed by atoms with Crippen LogP contribution in [0, 0.1) is 0 Å². The van der Waals surface area contributed by atoms with E-state index in [1.54, 1.807) is 57.6 Å². The van der Waals surface area contributed by atoms with Gasteiger partial charge in [-0.3, -0.25) is 4.79 Å². The number of carbonyl (C=O) groups is 2. The fourth-order valence-electron chi connectivity index (χ4n) is 3.78. The van der Waals surface area contributed by atoms with Crippen molar-refractivity contribution in [3.05, 3.63) is 42.0 Å². The lowest BCUT2D eigenvalue weighted by Gasteiger charge is -2.24. The Morgan fingerprint density at radius 3 is 2.52 bits per heavy atom. The normalized spacial score (nSPS) is 12.0. The van der Waals surface area contributed by atoms with E-state index in [2.05, 4.69) is 25.3 Å². The van der Waals surface area contributed by atoms with Crippen molar-refractivity contribution in [3.63, 3.8) is 0 Å². The van der Waals surface area contributed by atoms with Gasteiger partial charge in [-0.2, -0.15) is 0 Å². The average molecular weight is 609 g/mol. The Hall–Kier alpha value is -4.11. The highest BCUT2D eigenvalue weighted by Gasteiger charge is 2.31. The zero-order valence-corrected chi connectivity index (χ0v) is 24.5. The lowest BCUT2D eigenvalue weighted by molar-refractivity contribution is -0.274. The fourth-order valence-corrected chi connectivity index (χ4v) is 4.67. The van der Waals surface area contributed by atoms with Gasteiger partial charge in [0.15, 0.2) is 5.13 Å². The van der Waals surface area contributed by atoms with Gasteiger partial charge in [-0.15, -0.1) is 13.2 Å². The summed E-state index contributed by atoms with van der Waals surface area (Å²) in [4.78, 5) is 35.0. The van der Waals surface area contributed by atoms with E-state index in [9.17, 15) is 22.8 Å². The van der Waals surface area contributed by atoms with E-state index >= 15 is 0 Å².